The van der Waals surface area contributed by atoms with Crippen molar-refractivity contribution in [3.8, 4) is 0 Å². The molecule has 2 amide bonds. The van der Waals surface area contributed by atoms with E-state index in [9.17, 15) is 4.79 Å². The minimum atomic E-state index is 0.0195. The number of aryl methyl sites for hydroxylation is 1. The summed E-state index contributed by atoms with van der Waals surface area (Å²) in [4.78, 5) is 16.8. The van der Waals surface area contributed by atoms with Crippen molar-refractivity contribution in [2.24, 2.45) is 0 Å². The molecule has 0 aliphatic carbocycles. The summed E-state index contributed by atoms with van der Waals surface area (Å²) < 4.78 is 0. The van der Waals surface area contributed by atoms with E-state index in [0.29, 0.717) is 12.0 Å². The minimum absolute atomic E-state index is 0.0195. The number of anilines is 1. The van der Waals surface area contributed by atoms with E-state index in [0.717, 1.165) is 37.4 Å². The number of piperidine rings is 1. The second kappa shape index (κ2) is 7.50. The molecule has 2 saturated heterocycles. The molecule has 0 atom stereocenters. The van der Waals surface area contributed by atoms with Crippen LogP contribution in [0.2, 0.25) is 0 Å². The quantitative estimate of drug-likeness (QED) is 0.906. The monoisotopic (exact) mass is 349 g/mol. The highest BCUT2D eigenvalue weighted by Gasteiger charge is 2.36. The molecule has 2 aromatic rings. The van der Waals surface area contributed by atoms with Gasteiger partial charge in [-0.25, -0.2) is 4.79 Å². The predicted octanol–water partition coefficient (Wildman–Crippen LogP) is 4.09. The van der Waals surface area contributed by atoms with Gasteiger partial charge >= 0.3 is 6.03 Å². The molecule has 2 fully saturated rings. The lowest BCUT2D eigenvalue weighted by Crippen LogP contribution is -2.62. The van der Waals surface area contributed by atoms with Crippen LogP contribution in [0.5, 0.6) is 0 Å². The highest BCUT2D eigenvalue weighted by molar-refractivity contribution is 5.90. The van der Waals surface area contributed by atoms with Crippen molar-refractivity contribution >= 4 is 11.7 Å². The zero-order valence-corrected chi connectivity index (χ0v) is 15.4. The van der Waals surface area contributed by atoms with Crippen molar-refractivity contribution in [2.75, 3.05) is 31.5 Å². The summed E-state index contributed by atoms with van der Waals surface area (Å²) in [5.74, 6) is 0.688. The third-order valence-electron chi connectivity index (χ3n) is 5.74. The molecule has 2 aromatic carbocycles. The Labute approximate surface area is 155 Å². The number of likely N-dealkylation sites (tertiary alicyclic amines) is 2. The first kappa shape index (κ1) is 17.1. The van der Waals surface area contributed by atoms with Crippen molar-refractivity contribution in [3.63, 3.8) is 0 Å². The van der Waals surface area contributed by atoms with E-state index in [-0.39, 0.29) is 6.03 Å². The molecule has 2 heterocycles. The van der Waals surface area contributed by atoms with Gasteiger partial charge in [-0.3, -0.25) is 4.90 Å². The zero-order valence-electron chi connectivity index (χ0n) is 15.4. The van der Waals surface area contributed by atoms with Crippen LogP contribution < -0.4 is 5.32 Å². The van der Waals surface area contributed by atoms with Gasteiger partial charge < -0.3 is 10.2 Å². The fourth-order valence-corrected chi connectivity index (χ4v) is 4.10. The van der Waals surface area contributed by atoms with Gasteiger partial charge in [0, 0.05) is 24.8 Å². The standard InChI is InChI=1S/C22H27N3O/c1-17-6-5-9-20(14-17)23-22(26)25-15-21(16-25)24-12-10-19(11-13-24)18-7-3-2-4-8-18/h2-9,14,19,21H,10-13,15-16H2,1H3,(H,23,26). The summed E-state index contributed by atoms with van der Waals surface area (Å²) in [6.45, 7) is 5.99. The summed E-state index contributed by atoms with van der Waals surface area (Å²) in [5.41, 5.74) is 3.51. The number of rotatable bonds is 3. The molecule has 4 nitrogen and oxygen atoms in total. The number of carbonyl (C=O) groups excluding carboxylic acids is 1. The Balaban J connectivity index is 1.23. The summed E-state index contributed by atoms with van der Waals surface area (Å²) in [5, 5.41) is 3.01. The van der Waals surface area contributed by atoms with Crippen LogP contribution >= 0.6 is 0 Å². The van der Waals surface area contributed by atoms with Gasteiger partial charge in [-0.15, -0.1) is 0 Å². The van der Waals surface area contributed by atoms with E-state index in [1.165, 1.54) is 18.4 Å². The lowest BCUT2D eigenvalue weighted by molar-refractivity contribution is 0.0454. The first-order chi connectivity index (χ1) is 12.7. The lowest BCUT2D eigenvalue weighted by Gasteiger charge is -2.47. The Morgan fingerprint density at radius 3 is 2.42 bits per heavy atom. The SMILES string of the molecule is Cc1cccc(NC(=O)N2CC(N3CCC(c4ccccc4)CC3)C2)c1. The number of benzene rings is 2. The number of urea groups is 1. The number of nitrogens with one attached hydrogen (secondary N) is 1. The maximum absolute atomic E-state index is 12.4. The molecule has 0 aromatic heterocycles. The third-order valence-corrected chi connectivity index (χ3v) is 5.74. The molecule has 1 N–H and O–H groups in total. The van der Waals surface area contributed by atoms with Crippen molar-refractivity contribution < 1.29 is 4.79 Å². The van der Waals surface area contributed by atoms with E-state index in [2.05, 4.69) is 40.5 Å². The van der Waals surface area contributed by atoms with Crippen LogP contribution in [0.25, 0.3) is 0 Å². The predicted molar refractivity (Wildman–Crippen MR) is 106 cm³/mol. The molecule has 0 bridgehead atoms. The van der Waals surface area contributed by atoms with Gasteiger partial charge in [0.1, 0.15) is 0 Å². The normalized spacial score (nSPS) is 19.2. The molecule has 0 spiro atoms. The first-order valence-electron chi connectivity index (χ1n) is 9.60. The Morgan fingerprint density at radius 2 is 1.73 bits per heavy atom. The lowest BCUT2D eigenvalue weighted by atomic mass is 9.88. The second-order valence-electron chi connectivity index (χ2n) is 7.58. The number of hydrogen-bond donors (Lipinski definition) is 1. The van der Waals surface area contributed by atoms with E-state index < -0.39 is 0 Å². The number of hydrogen-bond acceptors (Lipinski definition) is 2. The van der Waals surface area contributed by atoms with Crippen LogP contribution in [0.15, 0.2) is 54.6 Å². The van der Waals surface area contributed by atoms with Crippen LogP contribution in [0.3, 0.4) is 0 Å². The van der Waals surface area contributed by atoms with Crippen LogP contribution in [-0.2, 0) is 0 Å². The van der Waals surface area contributed by atoms with Crippen molar-refractivity contribution in [3.05, 3.63) is 65.7 Å². The summed E-state index contributed by atoms with van der Waals surface area (Å²) in [6.07, 6.45) is 2.44. The molecule has 0 saturated carbocycles. The number of nitrogens with zero attached hydrogens (tertiary/aromatic N) is 2. The van der Waals surface area contributed by atoms with Crippen molar-refractivity contribution in [1.82, 2.24) is 9.80 Å². The third kappa shape index (κ3) is 3.75. The van der Waals surface area contributed by atoms with Crippen LogP contribution in [0.4, 0.5) is 10.5 Å². The molecule has 2 aliphatic rings. The van der Waals surface area contributed by atoms with E-state index in [1.807, 2.05) is 36.1 Å². The average molecular weight is 349 g/mol. The minimum Gasteiger partial charge on any atom is -0.321 e. The summed E-state index contributed by atoms with van der Waals surface area (Å²) in [6, 6.07) is 19.4. The Hall–Kier alpha value is -2.33. The molecular formula is C22H27N3O. The molecule has 4 rings (SSSR count). The fourth-order valence-electron chi connectivity index (χ4n) is 4.10. The summed E-state index contributed by atoms with van der Waals surface area (Å²) >= 11 is 0. The molecule has 136 valence electrons. The molecule has 0 unspecified atom stereocenters. The Morgan fingerprint density at radius 1 is 1.00 bits per heavy atom. The molecular weight excluding hydrogens is 322 g/mol. The number of carbonyl (C=O) groups is 1. The Kier molecular flexibility index (Phi) is 4.93. The fraction of sp³-hybridized carbons (Fsp3) is 0.409. The second-order valence-corrected chi connectivity index (χ2v) is 7.58. The maximum Gasteiger partial charge on any atom is 0.321 e. The van der Waals surface area contributed by atoms with Crippen molar-refractivity contribution in [1.29, 1.82) is 0 Å². The van der Waals surface area contributed by atoms with Gasteiger partial charge in [-0.1, -0.05) is 42.5 Å². The number of amides is 2. The van der Waals surface area contributed by atoms with E-state index >= 15 is 0 Å². The molecule has 26 heavy (non-hydrogen) atoms. The molecule has 0 radical (unpaired) electrons. The average Bonchev–Trinajstić information content (AvgIpc) is 2.62. The highest BCUT2D eigenvalue weighted by Crippen LogP contribution is 2.30. The van der Waals surface area contributed by atoms with Crippen LogP contribution in [-0.4, -0.2) is 48.1 Å². The molecule has 4 heteroatoms. The van der Waals surface area contributed by atoms with Crippen LogP contribution in [0.1, 0.15) is 29.9 Å². The van der Waals surface area contributed by atoms with E-state index in [4.69, 9.17) is 0 Å². The largest absolute Gasteiger partial charge is 0.321 e. The van der Waals surface area contributed by atoms with Gasteiger partial charge in [-0.05, 0) is 62.0 Å². The zero-order chi connectivity index (χ0) is 17.9. The van der Waals surface area contributed by atoms with Gasteiger partial charge in [0.25, 0.3) is 0 Å². The summed E-state index contributed by atoms with van der Waals surface area (Å²) in [7, 11) is 0. The molecule has 2 aliphatic heterocycles. The maximum atomic E-state index is 12.4. The van der Waals surface area contributed by atoms with Crippen molar-refractivity contribution in [2.45, 2.75) is 31.7 Å². The van der Waals surface area contributed by atoms with E-state index in [1.54, 1.807) is 0 Å². The first-order valence-corrected chi connectivity index (χ1v) is 9.60. The highest BCUT2D eigenvalue weighted by atomic mass is 16.2. The van der Waals surface area contributed by atoms with Gasteiger partial charge in [-0.2, -0.15) is 0 Å². The van der Waals surface area contributed by atoms with Gasteiger partial charge in [0.2, 0.25) is 0 Å². The van der Waals surface area contributed by atoms with Gasteiger partial charge in [0.15, 0.2) is 0 Å². The smallest absolute Gasteiger partial charge is 0.321 e. The van der Waals surface area contributed by atoms with Gasteiger partial charge in [0.05, 0.1) is 0 Å². The Bertz CT molecular complexity index is 747. The van der Waals surface area contributed by atoms with Crippen LogP contribution in [0, 0.1) is 6.92 Å². The topological polar surface area (TPSA) is 35.6 Å².